The number of fused-ring (bicyclic) bond motifs is 1. The minimum Gasteiger partial charge on any atom is -0.507 e. The van der Waals surface area contributed by atoms with Gasteiger partial charge in [0, 0.05) is 24.3 Å². The highest BCUT2D eigenvalue weighted by molar-refractivity contribution is 5.74. The van der Waals surface area contributed by atoms with Gasteiger partial charge in [0.05, 0.1) is 5.60 Å². The van der Waals surface area contributed by atoms with Gasteiger partial charge in [-0.15, -0.1) is 10.2 Å². The zero-order valence-corrected chi connectivity index (χ0v) is 17.0. The minimum absolute atomic E-state index is 0.0223. The Bertz CT molecular complexity index is 901. The molecule has 1 saturated carbocycles. The van der Waals surface area contributed by atoms with E-state index in [0.29, 0.717) is 6.04 Å². The number of aromatic nitrogens is 2. The summed E-state index contributed by atoms with van der Waals surface area (Å²) in [7, 11) is 1.78. The molecule has 5 nitrogen and oxygen atoms in total. The fraction of sp³-hybridized carbons (Fsp3) is 0.478. The smallest absolute Gasteiger partial charge is 0.152 e. The number of phenols is 1. The van der Waals surface area contributed by atoms with Crippen LogP contribution in [-0.2, 0) is 17.6 Å². The number of nitrogens with one attached hydrogen (secondary N) is 1. The van der Waals surface area contributed by atoms with Crippen LogP contribution in [0.2, 0.25) is 0 Å². The molecule has 0 amide bonds. The van der Waals surface area contributed by atoms with Gasteiger partial charge in [-0.2, -0.15) is 0 Å². The standard InChI is InChI=1S/C23H29N3O2/c1-4-7-15-10-11-19(20(27)12-15)21-17-8-5-6-9-18(17)22(26-25-21)24-16-13-23(2,14-16)28-3/h4,7,10-12,16,27H,5-6,8-9,13-14H2,1-3H3,(H,24,26)/b7-4+. The van der Waals surface area contributed by atoms with Crippen molar-refractivity contribution in [2.75, 3.05) is 12.4 Å². The molecule has 0 saturated heterocycles. The van der Waals surface area contributed by atoms with E-state index in [1.54, 1.807) is 13.2 Å². The normalized spacial score (nSPS) is 24.0. The first-order valence-corrected chi connectivity index (χ1v) is 10.2. The molecule has 1 fully saturated rings. The molecule has 0 spiro atoms. The first-order valence-electron chi connectivity index (χ1n) is 10.2. The van der Waals surface area contributed by atoms with Crippen LogP contribution >= 0.6 is 0 Å². The maximum Gasteiger partial charge on any atom is 0.152 e. The molecular weight excluding hydrogens is 350 g/mol. The predicted molar refractivity (Wildman–Crippen MR) is 113 cm³/mol. The zero-order valence-electron chi connectivity index (χ0n) is 17.0. The lowest BCUT2D eigenvalue weighted by molar-refractivity contribution is -0.0625. The molecular formula is C23H29N3O2. The molecule has 28 heavy (non-hydrogen) atoms. The molecule has 1 heterocycles. The predicted octanol–water partition coefficient (Wildman–Crippen LogP) is 4.74. The topological polar surface area (TPSA) is 67.3 Å². The van der Waals surface area contributed by atoms with Crippen LogP contribution in [0.3, 0.4) is 0 Å². The Hall–Kier alpha value is -2.40. The lowest BCUT2D eigenvalue weighted by Crippen LogP contribution is -2.50. The molecule has 0 unspecified atom stereocenters. The molecule has 1 aromatic carbocycles. The van der Waals surface area contributed by atoms with Crippen molar-refractivity contribution in [3.8, 4) is 17.0 Å². The summed E-state index contributed by atoms with van der Waals surface area (Å²) in [6.45, 7) is 4.12. The second kappa shape index (κ2) is 7.55. The number of hydrogen-bond donors (Lipinski definition) is 2. The summed E-state index contributed by atoms with van der Waals surface area (Å²) < 4.78 is 5.56. The second-order valence-electron chi connectivity index (χ2n) is 8.24. The van der Waals surface area contributed by atoms with Crippen LogP contribution in [0.1, 0.15) is 56.2 Å². The van der Waals surface area contributed by atoms with Gasteiger partial charge in [0.15, 0.2) is 5.82 Å². The Morgan fingerprint density at radius 1 is 1.18 bits per heavy atom. The van der Waals surface area contributed by atoms with E-state index in [1.165, 1.54) is 17.5 Å². The summed E-state index contributed by atoms with van der Waals surface area (Å²) in [4.78, 5) is 0. The Labute approximate surface area is 166 Å². The van der Waals surface area contributed by atoms with Crippen LogP contribution in [0.15, 0.2) is 24.3 Å². The number of aromatic hydroxyl groups is 1. The summed E-state index contributed by atoms with van der Waals surface area (Å²) in [5, 5.41) is 23.3. The van der Waals surface area contributed by atoms with Gasteiger partial charge < -0.3 is 15.2 Å². The fourth-order valence-corrected chi connectivity index (χ4v) is 4.47. The molecule has 0 radical (unpaired) electrons. The van der Waals surface area contributed by atoms with Crippen molar-refractivity contribution in [1.29, 1.82) is 0 Å². The molecule has 2 aliphatic carbocycles. The maximum absolute atomic E-state index is 10.6. The number of ether oxygens (including phenoxy) is 1. The number of hydrogen-bond acceptors (Lipinski definition) is 5. The SMILES string of the molecule is C/C=C/c1ccc(-c2nnc(NC3CC(C)(OC)C3)c3c2CCCC3)c(O)c1. The highest BCUT2D eigenvalue weighted by Crippen LogP contribution is 2.40. The van der Waals surface area contributed by atoms with E-state index in [1.807, 2.05) is 31.2 Å². The first kappa shape index (κ1) is 18.9. The number of anilines is 1. The lowest BCUT2D eigenvalue weighted by atomic mass is 9.77. The van der Waals surface area contributed by atoms with Gasteiger partial charge in [0.2, 0.25) is 0 Å². The molecule has 0 bridgehead atoms. The van der Waals surface area contributed by atoms with Crippen molar-refractivity contribution in [1.82, 2.24) is 10.2 Å². The van der Waals surface area contributed by atoms with Gasteiger partial charge in [-0.1, -0.05) is 18.2 Å². The van der Waals surface area contributed by atoms with Gasteiger partial charge >= 0.3 is 0 Å². The van der Waals surface area contributed by atoms with Crippen molar-refractivity contribution in [3.05, 3.63) is 41.0 Å². The average molecular weight is 380 g/mol. The van der Waals surface area contributed by atoms with Crippen LogP contribution in [0, 0.1) is 0 Å². The summed E-state index contributed by atoms with van der Waals surface area (Å²) in [6.07, 6.45) is 10.2. The fourth-order valence-electron chi connectivity index (χ4n) is 4.47. The summed E-state index contributed by atoms with van der Waals surface area (Å²) >= 11 is 0. The molecule has 5 heteroatoms. The van der Waals surface area contributed by atoms with Crippen LogP contribution < -0.4 is 5.32 Å². The van der Waals surface area contributed by atoms with E-state index in [2.05, 4.69) is 22.4 Å². The van der Waals surface area contributed by atoms with Crippen LogP contribution in [0.4, 0.5) is 5.82 Å². The van der Waals surface area contributed by atoms with E-state index in [9.17, 15) is 5.11 Å². The van der Waals surface area contributed by atoms with Crippen LogP contribution in [0.5, 0.6) is 5.75 Å². The molecule has 148 valence electrons. The Morgan fingerprint density at radius 2 is 1.93 bits per heavy atom. The molecule has 0 aliphatic heterocycles. The molecule has 2 aliphatic rings. The number of phenolic OH excluding ortho intramolecular Hbond substituents is 1. The van der Waals surface area contributed by atoms with E-state index < -0.39 is 0 Å². The summed E-state index contributed by atoms with van der Waals surface area (Å²) in [5.41, 5.74) is 5.04. The number of methoxy groups -OCH3 is 1. The Balaban J connectivity index is 1.65. The van der Waals surface area contributed by atoms with E-state index >= 15 is 0 Å². The Morgan fingerprint density at radius 3 is 2.61 bits per heavy atom. The van der Waals surface area contributed by atoms with Gasteiger partial charge in [0.1, 0.15) is 11.4 Å². The van der Waals surface area contributed by atoms with Gasteiger partial charge in [-0.05, 0) is 75.6 Å². The van der Waals surface area contributed by atoms with Crippen molar-refractivity contribution in [2.45, 2.75) is 64.0 Å². The molecule has 2 N–H and O–H groups in total. The van der Waals surface area contributed by atoms with Gasteiger partial charge in [-0.3, -0.25) is 0 Å². The van der Waals surface area contributed by atoms with Crippen LogP contribution in [-0.4, -0.2) is 34.1 Å². The molecule has 0 atom stereocenters. The van der Waals surface area contributed by atoms with Gasteiger partial charge in [-0.25, -0.2) is 0 Å². The number of benzene rings is 1. The van der Waals surface area contributed by atoms with Crippen molar-refractivity contribution in [3.63, 3.8) is 0 Å². The second-order valence-corrected chi connectivity index (χ2v) is 8.24. The number of nitrogens with zero attached hydrogens (tertiary/aromatic N) is 2. The van der Waals surface area contributed by atoms with Gasteiger partial charge in [0.25, 0.3) is 0 Å². The summed E-state index contributed by atoms with van der Waals surface area (Å²) in [6, 6.07) is 6.13. The molecule has 4 rings (SSSR count). The van der Waals surface area contributed by atoms with Crippen molar-refractivity contribution >= 4 is 11.9 Å². The number of allylic oxidation sites excluding steroid dienone is 1. The molecule has 1 aromatic heterocycles. The van der Waals surface area contributed by atoms with E-state index in [4.69, 9.17) is 4.74 Å². The Kier molecular flexibility index (Phi) is 5.11. The summed E-state index contributed by atoms with van der Waals surface area (Å²) in [5.74, 6) is 1.17. The minimum atomic E-state index is -0.0223. The van der Waals surface area contributed by atoms with Crippen molar-refractivity contribution in [2.24, 2.45) is 0 Å². The third-order valence-electron chi connectivity index (χ3n) is 6.12. The molecule has 2 aromatic rings. The number of rotatable bonds is 5. The first-order chi connectivity index (χ1) is 13.5. The van der Waals surface area contributed by atoms with Crippen molar-refractivity contribution < 1.29 is 9.84 Å². The lowest BCUT2D eigenvalue weighted by Gasteiger charge is -2.44. The van der Waals surface area contributed by atoms with Crippen LogP contribution in [0.25, 0.3) is 17.3 Å². The maximum atomic E-state index is 10.6. The third-order valence-corrected chi connectivity index (χ3v) is 6.12. The monoisotopic (exact) mass is 379 g/mol. The highest BCUT2D eigenvalue weighted by Gasteiger charge is 2.41. The third kappa shape index (κ3) is 3.51. The van der Waals surface area contributed by atoms with E-state index in [0.717, 1.165) is 54.7 Å². The average Bonchev–Trinajstić information content (AvgIpc) is 2.68. The zero-order chi connectivity index (χ0) is 19.7. The largest absolute Gasteiger partial charge is 0.507 e. The van der Waals surface area contributed by atoms with E-state index in [-0.39, 0.29) is 11.4 Å². The quantitative estimate of drug-likeness (QED) is 0.785. The highest BCUT2D eigenvalue weighted by atomic mass is 16.5.